The summed E-state index contributed by atoms with van der Waals surface area (Å²) in [6.45, 7) is 0. The molecule has 13 heavy (non-hydrogen) atoms. The Labute approximate surface area is 77.1 Å². The summed E-state index contributed by atoms with van der Waals surface area (Å²) in [6.07, 6.45) is 4.18. The van der Waals surface area contributed by atoms with Crippen molar-refractivity contribution in [3.63, 3.8) is 0 Å². The van der Waals surface area contributed by atoms with Gasteiger partial charge in [-0.05, 0) is 31.6 Å². The topological polar surface area (TPSA) is 54.4 Å². The quantitative estimate of drug-likeness (QED) is 0.705. The number of carbonyl (C=O) groups excluding carboxylic acids is 1. The fourth-order valence-corrected chi connectivity index (χ4v) is 2.41. The molecule has 0 unspecified atom stereocenters. The first-order chi connectivity index (χ1) is 6.15. The van der Waals surface area contributed by atoms with Crippen LogP contribution in [0.15, 0.2) is 0 Å². The van der Waals surface area contributed by atoms with E-state index in [1.165, 1.54) is 0 Å². The minimum Gasteiger partial charge on any atom is -0.481 e. The highest BCUT2D eigenvalue weighted by Gasteiger charge is 2.52. The Morgan fingerprint density at radius 3 is 2.23 bits per heavy atom. The summed E-state index contributed by atoms with van der Waals surface area (Å²) >= 11 is 0. The first-order valence-corrected chi connectivity index (χ1v) is 4.90. The monoisotopic (exact) mass is 182 g/mol. The second-order valence-electron chi connectivity index (χ2n) is 4.27. The molecule has 2 saturated carbocycles. The predicted octanol–water partition coefficient (Wildman–Crippen LogP) is 1.61. The molecule has 2 rings (SSSR count). The van der Waals surface area contributed by atoms with Crippen molar-refractivity contribution in [2.45, 2.75) is 38.5 Å². The second-order valence-corrected chi connectivity index (χ2v) is 4.27. The molecule has 2 fully saturated rings. The summed E-state index contributed by atoms with van der Waals surface area (Å²) in [6, 6.07) is 0. The third-order valence-corrected chi connectivity index (χ3v) is 3.48. The van der Waals surface area contributed by atoms with Gasteiger partial charge >= 0.3 is 5.97 Å². The van der Waals surface area contributed by atoms with Crippen LogP contribution in [0.25, 0.3) is 0 Å². The maximum Gasteiger partial charge on any atom is 0.309 e. The molecule has 0 aromatic heterocycles. The number of carboxylic acids is 1. The van der Waals surface area contributed by atoms with Gasteiger partial charge in [-0.25, -0.2) is 0 Å². The number of hydrogen-bond acceptors (Lipinski definition) is 2. The molecule has 1 N–H and O–H groups in total. The Hall–Kier alpha value is -0.860. The SMILES string of the molecule is O=C1CCC(C(=O)O)(C2CC2)CC1. The van der Waals surface area contributed by atoms with E-state index in [1.807, 2.05) is 0 Å². The lowest BCUT2D eigenvalue weighted by Crippen LogP contribution is -2.37. The Balaban J connectivity index is 2.14. The Morgan fingerprint density at radius 2 is 1.85 bits per heavy atom. The van der Waals surface area contributed by atoms with E-state index in [1.54, 1.807) is 0 Å². The number of ketones is 1. The average Bonchev–Trinajstić information content (AvgIpc) is 2.88. The summed E-state index contributed by atoms with van der Waals surface area (Å²) in [5, 5.41) is 9.17. The Morgan fingerprint density at radius 1 is 1.31 bits per heavy atom. The minimum absolute atomic E-state index is 0.234. The highest BCUT2D eigenvalue weighted by Crippen LogP contribution is 2.53. The van der Waals surface area contributed by atoms with Crippen molar-refractivity contribution in [1.29, 1.82) is 0 Å². The molecule has 0 spiro atoms. The zero-order valence-electron chi connectivity index (χ0n) is 7.58. The fraction of sp³-hybridized carbons (Fsp3) is 0.800. The Kier molecular flexibility index (Phi) is 1.90. The standard InChI is InChI=1S/C10H14O3/c11-8-3-5-10(6-4-8,9(12)13)7-1-2-7/h7H,1-6H2,(H,12,13). The van der Waals surface area contributed by atoms with Crippen molar-refractivity contribution in [2.24, 2.45) is 11.3 Å². The van der Waals surface area contributed by atoms with Crippen LogP contribution >= 0.6 is 0 Å². The number of Topliss-reactive ketones (excluding diaryl/α,β-unsaturated/α-hetero) is 1. The van der Waals surface area contributed by atoms with Gasteiger partial charge in [-0.15, -0.1) is 0 Å². The van der Waals surface area contributed by atoms with E-state index in [0.717, 1.165) is 12.8 Å². The predicted molar refractivity (Wildman–Crippen MR) is 46.3 cm³/mol. The van der Waals surface area contributed by atoms with Crippen molar-refractivity contribution in [3.05, 3.63) is 0 Å². The highest BCUT2D eigenvalue weighted by molar-refractivity contribution is 5.84. The van der Waals surface area contributed by atoms with Crippen LogP contribution in [0, 0.1) is 11.3 Å². The zero-order chi connectivity index (χ0) is 9.47. The van der Waals surface area contributed by atoms with Crippen molar-refractivity contribution < 1.29 is 14.7 Å². The van der Waals surface area contributed by atoms with E-state index in [-0.39, 0.29) is 5.78 Å². The van der Waals surface area contributed by atoms with Gasteiger partial charge < -0.3 is 5.11 Å². The molecule has 3 nitrogen and oxygen atoms in total. The molecule has 2 aliphatic carbocycles. The van der Waals surface area contributed by atoms with E-state index >= 15 is 0 Å². The molecule has 3 heteroatoms. The van der Waals surface area contributed by atoms with Crippen molar-refractivity contribution in [3.8, 4) is 0 Å². The van der Waals surface area contributed by atoms with E-state index in [9.17, 15) is 14.7 Å². The normalized spacial score (nSPS) is 27.2. The van der Waals surface area contributed by atoms with Crippen molar-refractivity contribution >= 4 is 11.8 Å². The zero-order valence-corrected chi connectivity index (χ0v) is 7.58. The Bertz CT molecular complexity index is 243. The van der Waals surface area contributed by atoms with E-state index in [4.69, 9.17) is 0 Å². The number of carboxylic acid groups (broad SMARTS) is 1. The van der Waals surface area contributed by atoms with Crippen molar-refractivity contribution in [1.82, 2.24) is 0 Å². The van der Waals surface area contributed by atoms with Crippen molar-refractivity contribution in [2.75, 3.05) is 0 Å². The smallest absolute Gasteiger partial charge is 0.309 e. The molecule has 0 aliphatic heterocycles. The lowest BCUT2D eigenvalue weighted by Gasteiger charge is -2.32. The number of hydrogen-bond donors (Lipinski definition) is 1. The van der Waals surface area contributed by atoms with E-state index < -0.39 is 11.4 Å². The summed E-state index contributed by atoms with van der Waals surface area (Å²) in [7, 11) is 0. The fourth-order valence-electron chi connectivity index (χ4n) is 2.41. The van der Waals surface area contributed by atoms with Crippen LogP contribution in [0.1, 0.15) is 38.5 Å². The van der Waals surface area contributed by atoms with E-state index in [0.29, 0.717) is 31.6 Å². The van der Waals surface area contributed by atoms with Crippen LogP contribution in [0.4, 0.5) is 0 Å². The molecule has 72 valence electrons. The van der Waals surface area contributed by atoms with Gasteiger partial charge in [-0.2, -0.15) is 0 Å². The number of rotatable bonds is 2. The van der Waals surface area contributed by atoms with Gasteiger partial charge in [0.25, 0.3) is 0 Å². The largest absolute Gasteiger partial charge is 0.481 e. The maximum absolute atomic E-state index is 11.2. The summed E-state index contributed by atoms with van der Waals surface area (Å²) in [5.41, 5.74) is -0.534. The van der Waals surface area contributed by atoms with Gasteiger partial charge in [0.05, 0.1) is 5.41 Å². The lowest BCUT2D eigenvalue weighted by molar-refractivity contribution is -0.153. The molecule has 2 aliphatic rings. The maximum atomic E-state index is 11.2. The van der Waals surface area contributed by atoms with E-state index in [2.05, 4.69) is 0 Å². The minimum atomic E-state index is -0.678. The first kappa shape index (κ1) is 8.73. The lowest BCUT2D eigenvalue weighted by atomic mass is 9.70. The van der Waals surface area contributed by atoms with Gasteiger partial charge in [0, 0.05) is 12.8 Å². The molecular weight excluding hydrogens is 168 g/mol. The summed E-state index contributed by atoms with van der Waals surface area (Å²) in [4.78, 5) is 22.2. The average molecular weight is 182 g/mol. The number of aliphatic carboxylic acids is 1. The number of carbonyl (C=O) groups is 2. The third kappa shape index (κ3) is 1.36. The molecule has 0 radical (unpaired) electrons. The van der Waals surface area contributed by atoms with Crippen LogP contribution in [-0.2, 0) is 9.59 Å². The van der Waals surface area contributed by atoms with Gasteiger partial charge in [0.2, 0.25) is 0 Å². The van der Waals surface area contributed by atoms with Crippen LogP contribution in [-0.4, -0.2) is 16.9 Å². The first-order valence-electron chi connectivity index (χ1n) is 4.90. The molecule has 0 bridgehead atoms. The van der Waals surface area contributed by atoms with Crippen LogP contribution in [0.2, 0.25) is 0 Å². The molecule has 0 amide bonds. The third-order valence-electron chi connectivity index (χ3n) is 3.48. The van der Waals surface area contributed by atoms with Crippen LogP contribution in [0.5, 0.6) is 0 Å². The molecule has 0 aromatic rings. The summed E-state index contributed by atoms with van der Waals surface area (Å²) < 4.78 is 0. The molecule has 0 heterocycles. The van der Waals surface area contributed by atoms with Gasteiger partial charge in [-0.1, -0.05) is 0 Å². The molecule has 0 aromatic carbocycles. The second kappa shape index (κ2) is 2.82. The van der Waals surface area contributed by atoms with Gasteiger partial charge in [0.15, 0.2) is 0 Å². The van der Waals surface area contributed by atoms with Gasteiger partial charge in [-0.3, -0.25) is 9.59 Å². The highest BCUT2D eigenvalue weighted by atomic mass is 16.4. The summed E-state index contributed by atoms with van der Waals surface area (Å²) in [5.74, 6) is -0.0851. The molecule has 0 atom stereocenters. The van der Waals surface area contributed by atoms with Crippen LogP contribution < -0.4 is 0 Å². The molecular formula is C10H14O3. The van der Waals surface area contributed by atoms with Gasteiger partial charge in [0.1, 0.15) is 5.78 Å². The van der Waals surface area contributed by atoms with Crippen LogP contribution in [0.3, 0.4) is 0 Å². The molecule has 0 saturated heterocycles.